The molecule has 0 fully saturated rings. The molecule has 0 saturated heterocycles. The second-order valence-electron chi connectivity index (χ2n) is 3.54. The molecule has 3 rings (SSSR count). The molecule has 0 atom stereocenters. The third-order valence-corrected chi connectivity index (χ3v) is 2.37. The Bertz CT molecular complexity index is 588. The minimum atomic E-state index is -0.278. The molecule has 2 heterocycles. The van der Waals surface area contributed by atoms with E-state index in [0.717, 1.165) is 0 Å². The Labute approximate surface area is 97.1 Å². The molecule has 0 bridgehead atoms. The quantitative estimate of drug-likeness (QED) is 0.730. The number of carbonyl (C=O) groups excluding carboxylic acids is 1. The minimum Gasteiger partial charge on any atom is -0.449 e. The molecular formula is C12H9N3O2. The van der Waals surface area contributed by atoms with E-state index in [9.17, 15) is 4.79 Å². The van der Waals surface area contributed by atoms with Crippen LogP contribution in [0, 0.1) is 0 Å². The minimum absolute atomic E-state index is 0.221. The molecular weight excluding hydrogens is 218 g/mol. The molecule has 1 aromatic heterocycles. The lowest BCUT2D eigenvalue weighted by Gasteiger charge is -2.19. The summed E-state index contributed by atoms with van der Waals surface area (Å²) in [6.45, 7) is 0. The first-order chi connectivity index (χ1) is 8.33. The molecule has 1 aliphatic rings. The SMILES string of the molecule is O=C1Nc2ccccc2OC1=Cc1ncc[nH]1. The van der Waals surface area contributed by atoms with Gasteiger partial charge in [0.05, 0.1) is 5.69 Å². The maximum atomic E-state index is 11.7. The van der Waals surface area contributed by atoms with E-state index in [1.807, 2.05) is 12.1 Å². The van der Waals surface area contributed by atoms with E-state index < -0.39 is 0 Å². The van der Waals surface area contributed by atoms with Crippen molar-refractivity contribution in [3.05, 3.63) is 48.2 Å². The number of benzene rings is 1. The molecule has 1 aromatic carbocycles. The number of nitrogens with zero attached hydrogens (tertiary/aromatic N) is 1. The van der Waals surface area contributed by atoms with Crippen molar-refractivity contribution in [2.45, 2.75) is 0 Å². The number of rotatable bonds is 1. The maximum Gasteiger partial charge on any atom is 0.291 e. The van der Waals surface area contributed by atoms with Crippen molar-refractivity contribution in [3.63, 3.8) is 0 Å². The van der Waals surface area contributed by atoms with Crippen molar-refractivity contribution in [3.8, 4) is 5.75 Å². The van der Waals surface area contributed by atoms with E-state index in [2.05, 4.69) is 15.3 Å². The number of hydrogen-bond donors (Lipinski definition) is 2. The lowest BCUT2D eigenvalue weighted by Crippen LogP contribution is -2.23. The van der Waals surface area contributed by atoms with Gasteiger partial charge in [0, 0.05) is 18.5 Å². The second kappa shape index (κ2) is 3.79. The smallest absolute Gasteiger partial charge is 0.291 e. The number of anilines is 1. The predicted octanol–water partition coefficient (Wildman–Crippen LogP) is 1.78. The number of carbonyl (C=O) groups is 1. The molecule has 1 aliphatic heterocycles. The van der Waals surface area contributed by atoms with Crippen LogP contribution in [-0.2, 0) is 4.79 Å². The fourth-order valence-corrected chi connectivity index (χ4v) is 1.58. The van der Waals surface area contributed by atoms with Crippen LogP contribution in [0.5, 0.6) is 5.75 Å². The number of H-pyrrole nitrogens is 1. The van der Waals surface area contributed by atoms with Gasteiger partial charge in [0.2, 0.25) is 0 Å². The zero-order valence-electron chi connectivity index (χ0n) is 8.81. The fourth-order valence-electron chi connectivity index (χ4n) is 1.58. The highest BCUT2D eigenvalue weighted by Crippen LogP contribution is 2.30. The van der Waals surface area contributed by atoms with E-state index >= 15 is 0 Å². The van der Waals surface area contributed by atoms with Crippen LogP contribution >= 0.6 is 0 Å². The summed E-state index contributed by atoms with van der Waals surface area (Å²) in [5.41, 5.74) is 0.675. The number of imidazole rings is 1. The third kappa shape index (κ3) is 1.78. The summed E-state index contributed by atoms with van der Waals surface area (Å²) in [5.74, 6) is 1.15. The number of amides is 1. The monoisotopic (exact) mass is 227 g/mol. The topological polar surface area (TPSA) is 67.0 Å². The van der Waals surface area contributed by atoms with E-state index in [4.69, 9.17) is 4.74 Å². The third-order valence-electron chi connectivity index (χ3n) is 2.37. The zero-order valence-corrected chi connectivity index (χ0v) is 8.81. The van der Waals surface area contributed by atoms with Gasteiger partial charge in [0.15, 0.2) is 11.5 Å². The molecule has 0 saturated carbocycles. The molecule has 5 heteroatoms. The molecule has 84 valence electrons. The van der Waals surface area contributed by atoms with Crippen LogP contribution < -0.4 is 10.1 Å². The van der Waals surface area contributed by atoms with Gasteiger partial charge in [-0.25, -0.2) is 4.98 Å². The lowest BCUT2D eigenvalue weighted by molar-refractivity contribution is -0.115. The van der Waals surface area contributed by atoms with Gasteiger partial charge in [0.1, 0.15) is 5.82 Å². The van der Waals surface area contributed by atoms with Crippen LogP contribution in [0.3, 0.4) is 0 Å². The Hall–Kier alpha value is -2.56. The Morgan fingerprint density at radius 3 is 3.00 bits per heavy atom. The summed E-state index contributed by atoms with van der Waals surface area (Å²) >= 11 is 0. The average Bonchev–Trinajstić information content (AvgIpc) is 2.83. The van der Waals surface area contributed by atoms with Gasteiger partial charge in [-0.15, -0.1) is 0 Å². The van der Waals surface area contributed by atoms with Gasteiger partial charge < -0.3 is 15.0 Å². The predicted molar refractivity (Wildman–Crippen MR) is 62.3 cm³/mol. The van der Waals surface area contributed by atoms with Crippen LogP contribution in [0.4, 0.5) is 5.69 Å². The van der Waals surface area contributed by atoms with Crippen molar-refractivity contribution in [2.75, 3.05) is 5.32 Å². The van der Waals surface area contributed by atoms with Crippen LogP contribution in [0.25, 0.3) is 6.08 Å². The highest BCUT2D eigenvalue weighted by atomic mass is 16.5. The number of fused-ring (bicyclic) bond motifs is 1. The highest BCUT2D eigenvalue weighted by Gasteiger charge is 2.21. The van der Waals surface area contributed by atoms with Gasteiger partial charge in [-0.2, -0.15) is 0 Å². The second-order valence-corrected chi connectivity index (χ2v) is 3.54. The van der Waals surface area contributed by atoms with Crippen LogP contribution in [-0.4, -0.2) is 15.9 Å². The van der Waals surface area contributed by atoms with Gasteiger partial charge in [-0.1, -0.05) is 12.1 Å². The van der Waals surface area contributed by atoms with E-state index in [1.165, 1.54) is 0 Å². The molecule has 2 aromatic rings. The molecule has 0 spiro atoms. The summed E-state index contributed by atoms with van der Waals surface area (Å²) in [6, 6.07) is 7.27. The first-order valence-corrected chi connectivity index (χ1v) is 5.12. The van der Waals surface area contributed by atoms with Crippen LogP contribution in [0.2, 0.25) is 0 Å². The zero-order chi connectivity index (χ0) is 11.7. The van der Waals surface area contributed by atoms with Crippen molar-refractivity contribution in [2.24, 2.45) is 0 Å². The largest absolute Gasteiger partial charge is 0.449 e. The van der Waals surface area contributed by atoms with Gasteiger partial charge in [-0.3, -0.25) is 4.79 Å². The standard InChI is InChI=1S/C12H9N3O2/c16-12-10(7-11-13-5-6-14-11)17-9-4-2-1-3-8(9)15-12/h1-7H,(H,13,14)(H,15,16). The molecule has 0 unspecified atom stereocenters. The van der Waals surface area contributed by atoms with Crippen LogP contribution in [0.1, 0.15) is 5.82 Å². The van der Waals surface area contributed by atoms with E-state index in [-0.39, 0.29) is 11.7 Å². The Kier molecular flexibility index (Phi) is 2.15. The fraction of sp³-hybridized carbons (Fsp3) is 0. The number of nitrogens with one attached hydrogen (secondary N) is 2. The van der Waals surface area contributed by atoms with E-state index in [1.54, 1.807) is 30.6 Å². The number of aromatic nitrogens is 2. The van der Waals surface area contributed by atoms with Crippen molar-refractivity contribution < 1.29 is 9.53 Å². The van der Waals surface area contributed by atoms with Gasteiger partial charge in [0.25, 0.3) is 5.91 Å². The average molecular weight is 227 g/mol. The molecule has 0 radical (unpaired) electrons. The molecule has 2 N–H and O–H groups in total. The summed E-state index contributed by atoms with van der Waals surface area (Å²) in [4.78, 5) is 18.6. The number of para-hydroxylation sites is 2. The normalized spacial score (nSPS) is 16.2. The number of ether oxygens (including phenoxy) is 1. The first-order valence-electron chi connectivity index (χ1n) is 5.12. The molecule has 5 nitrogen and oxygen atoms in total. The van der Waals surface area contributed by atoms with Crippen molar-refractivity contribution in [1.82, 2.24) is 9.97 Å². The maximum absolute atomic E-state index is 11.7. The summed E-state index contributed by atoms with van der Waals surface area (Å²) in [5, 5.41) is 2.75. The number of hydrogen-bond acceptors (Lipinski definition) is 3. The molecule has 0 aliphatic carbocycles. The van der Waals surface area contributed by atoms with E-state index in [0.29, 0.717) is 17.3 Å². The Morgan fingerprint density at radius 2 is 2.18 bits per heavy atom. The Morgan fingerprint density at radius 1 is 1.29 bits per heavy atom. The Balaban J connectivity index is 1.97. The highest BCUT2D eigenvalue weighted by molar-refractivity contribution is 6.07. The molecule has 17 heavy (non-hydrogen) atoms. The van der Waals surface area contributed by atoms with Gasteiger partial charge in [-0.05, 0) is 12.1 Å². The van der Waals surface area contributed by atoms with Crippen molar-refractivity contribution >= 4 is 17.7 Å². The summed E-state index contributed by atoms with van der Waals surface area (Å²) in [7, 11) is 0. The molecule has 1 amide bonds. The van der Waals surface area contributed by atoms with Crippen LogP contribution in [0.15, 0.2) is 42.4 Å². The lowest BCUT2D eigenvalue weighted by atomic mass is 10.2. The van der Waals surface area contributed by atoms with Gasteiger partial charge >= 0.3 is 0 Å². The van der Waals surface area contributed by atoms with Crippen molar-refractivity contribution in [1.29, 1.82) is 0 Å². The first kappa shape index (κ1) is 9.65. The summed E-state index contributed by atoms with van der Waals surface area (Å²) in [6.07, 6.45) is 4.85. The summed E-state index contributed by atoms with van der Waals surface area (Å²) < 4.78 is 5.51. The number of aromatic amines is 1.